The molecule has 0 spiro atoms. The molecule has 1 aliphatic rings. The molecule has 1 rings (SSSR count). The van der Waals surface area contributed by atoms with Gasteiger partial charge in [-0.1, -0.05) is 0 Å². The van der Waals surface area contributed by atoms with Crippen LogP contribution in [0.3, 0.4) is 0 Å². The van der Waals surface area contributed by atoms with Crippen molar-refractivity contribution in [1.82, 2.24) is 15.1 Å². The van der Waals surface area contributed by atoms with Crippen LogP contribution in [0, 0.1) is 0 Å². The number of carboxylic acid groups (broad SMARTS) is 2. The normalized spacial score (nSPS) is 21.8. The van der Waals surface area contributed by atoms with Crippen molar-refractivity contribution in [2.75, 3.05) is 26.7 Å². The van der Waals surface area contributed by atoms with Gasteiger partial charge in [0.25, 0.3) is 0 Å². The Bertz CT molecular complexity index is 373. The summed E-state index contributed by atoms with van der Waals surface area (Å²) in [6.07, 6.45) is -0.636. The van der Waals surface area contributed by atoms with Gasteiger partial charge < -0.3 is 25.3 Å². The number of carboxylic acids is 2. The standard InChI is InChI=1S/C11H19N3O5/c1-7-6-13(2)3-4-14(7)11(19)12-8(10(17)18)5-9(15)16/h7-8H,3-6H2,1-2H3,(H,12,19)(H,15,16)(H,17,18)/t7?,8-/m1/s1. The average molecular weight is 273 g/mol. The maximum atomic E-state index is 12.0. The molecule has 0 aromatic heterocycles. The fourth-order valence-electron chi connectivity index (χ4n) is 2.05. The monoisotopic (exact) mass is 273 g/mol. The van der Waals surface area contributed by atoms with Crippen LogP contribution in [0.1, 0.15) is 13.3 Å². The second kappa shape index (κ2) is 6.37. The molecule has 0 saturated carbocycles. The van der Waals surface area contributed by atoms with Gasteiger partial charge in [-0.3, -0.25) is 4.79 Å². The molecule has 3 N–H and O–H groups in total. The van der Waals surface area contributed by atoms with E-state index in [1.54, 1.807) is 0 Å². The van der Waals surface area contributed by atoms with Crippen molar-refractivity contribution in [2.24, 2.45) is 0 Å². The van der Waals surface area contributed by atoms with Crippen LogP contribution in [-0.4, -0.2) is 76.7 Å². The van der Waals surface area contributed by atoms with Crippen LogP contribution in [0.4, 0.5) is 4.79 Å². The topological polar surface area (TPSA) is 110 Å². The summed E-state index contributed by atoms with van der Waals surface area (Å²) in [5.41, 5.74) is 0. The Morgan fingerprint density at radius 1 is 1.32 bits per heavy atom. The lowest BCUT2D eigenvalue weighted by Gasteiger charge is -2.38. The smallest absolute Gasteiger partial charge is 0.326 e. The molecule has 108 valence electrons. The Kier molecular flexibility index (Phi) is 5.11. The molecule has 1 fully saturated rings. The van der Waals surface area contributed by atoms with Crippen molar-refractivity contribution < 1.29 is 24.6 Å². The van der Waals surface area contributed by atoms with Crippen LogP contribution < -0.4 is 5.32 Å². The van der Waals surface area contributed by atoms with Gasteiger partial charge in [0, 0.05) is 25.7 Å². The Morgan fingerprint density at radius 3 is 2.42 bits per heavy atom. The second-order valence-corrected chi connectivity index (χ2v) is 4.74. The SMILES string of the molecule is CC1CN(C)CCN1C(=O)N[C@H](CC(=O)O)C(=O)O. The molecule has 8 heteroatoms. The van der Waals surface area contributed by atoms with Crippen molar-refractivity contribution in [3.8, 4) is 0 Å². The molecular weight excluding hydrogens is 254 g/mol. The molecule has 0 aliphatic carbocycles. The maximum absolute atomic E-state index is 12.0. The van der Waals surface area contributed by atoms with Gasteiger partial charge in [-0.15, -0.1) is 0 Å². The van der Waals surface area contributed by atoms with Crippen LogP contribution in [-0.2, 0) is 9.59 Å². The van der Waals surface area contributed by atoms with Gasteiger partial charge in [-0.05, 0) is 14.0 Å². The summed E-state index contributed by atoms with van der Waals surface area (Å²) in [7, 11) is 1.94. The number of aliphatic carboxylic acids is 2. The average Bonchev–Trinajstić information content (AvgIpc) is 2.26. The minimum absolute atomic E-state index is 0.0435. The number of likely N-dealkylation sites (N-methyl/N-ethyl adjacent to an activating group) is 1. The summed E-state index contributed by atoms with van der Waals surface area (Å²) >= 11 is 0. The molecule has 1 aliphatic heterocycles. The highest BCUT2D eigenvalue weighted by Crippen LogP contribution is 2.08. The second-order valence-electron chi connectivity index (χ2n) is 4.74. The highest BCUT2D eigenvalue weighted by Gasteiger charge is 2.30. The molecule has 0 aromatic carbocycles. The largest absolute Gasteiger partial charge is 0.481 e. The Morgan fingerprint density at radius 2 is 1.95 bits per heavy atom. The molecular formula is C11H19N3O5. The summed E-state index contributed by atoms with van der Waals surface area (Å²) in [6, 6.07) is -1.98. The van der Waals surface area contributed by atoms with Crippen molar-refractivity contribution >= 4 is 18.0 Å². The molecule has 0 aromatic rings. The van der Waals surface area contributed by atoms with E-state index >= 15 is 0 Å². The highest BCUT2D eigenvalue weighted by atomic mass is 16.4. The van der Waals surface area contributed by atoms with Gasteiger partial charge in [-0.25, -0.2) is 9.59 Å². The van der Waals surface area contributed by atoms with Gasteiger partial charge >= 0.3 is 18.0 Å². The van der Waals surface area contributed by atoms with Crippen molar-refractivity contribution in [1.29, 1.82) is 0 Å². The highest BCUT2D eigenvalue weighted by molar-refractivity contribution is 5.86. The fraction of sp³-hybridized carbons (Fsp3) is 0.727. The van der Waals surface area contributed by atoms with Crippen molar-refractivity contribution in [3.63, 3.8) is 0 Å². The summed E-state index contributed by atoms with van der Waals surface area (Å²) in [6.45, 7) is 3.75. The number of piperazine rings is 1. The van der Waals surface area contributed by atoms with Gasteiger partial charge in [0.05, 0.1) is 6.42 Å². The third-order valence-electron chi connectivity index (χ3n) is 3.07. The lowest BCUT2D eigenvalue weighted by molar-refractivity contribution is -0.145. The zero-order chi connectivity index (χ0) is 14.6. The first-order valence-corrected chi connectivity index (χ1v) is 6.01. The molecule has 1 unspecified atom stereocenters. The number of carbonyl (C=O) groups is 3. The minimum atomic E-state index is -1.41. The third-order valence-corrected chi connectivity index (χ3v) is 3.07. The number of nitrogens with one attached hydrogen (secondary N) is 1. The number of amides is 2. The van der Waals surface area contributed by atoms with E-state index in [0.29, 0.717) is 19.6 Å². The van der Waals surface area contributed by atoms with E-state index in [2.05, 4.69) is 10.2 Å². The zero-order valence-corrected chi connectivity index (χ0v) is 11.0. The predicted molar refractivity (Wildman–Crippen MR) is 65.9 cm³/mol. The Balaban J connectivity index is 2.61. The van der Waals surface area contributed by atoms with E-state index in [0.717, 1.165) is 0 Å². The Labute approximate surface area is 111 Å². The number of urea groups is 1. The van der Waals surface area contributed by atoms with E-state index in [-0.39, 0.29) is 6.04 Å². The number of carbonyl (C=O) groups excluding carboxylic acids is 1. The summed E-state index contributed by atoms with van der Waals surface area (Å²) < 4.78 is 0. The van der Waals surface area contributed by atoms with E-state index < -0.39 is 30.4 Å². The van der Waals surface area contributed by atoms with Gasteiger partial charge in [-0.2, -0.15) is 0 Å². The van der Waals surface area contributed by atoms with Gasteiger partial charge in [0.15, 0.2) is 0 Å². The summed E-state index contributed by atoms with van der Waals surface area (Å²) in [5.74, 6) is -2.61. The molecule has 2 atom stereocenters. The maximum Gasteiger partial charge on any atom is 0.326 e. The number of hydrogen-bond acceptors (Lipinski definition) is 4. The summed E-state index contributed by atoms with van der Waals surface area (Å²) in [4.78, 5) is 37.0. The Hall–Kier alpha value is -1.83. The van der Waals surface area contributed by atoms with E-state index in [9.17, 15) is 14.4 Å². The number of hydrogen-bond donors (Lipinski definition) is 3. The molecule has 1 heterocycles. The number of nitrogens with zero attached hydrogens (tertiary/aromatic N) is 2. The van der Waals surface area contributed by atoms with Gasteiger partial charge in [0.2, 0.25) is 0 Å². The molecule has 8 nitrogen and oxygen atoms in total. The van der Waals surface area contributed by atoms with Crippen LogP contribution in [0.5, 0.6) is 0 Å². The summed E-state index contributed by atoms with van der Waals surface area (Å²) in [5, 5.41) is 19.7. The third kappa shape index (κ3) is 4.40. The van der Waals surface area contributed by atoms with Crippen LogP contribution in [0.25, 0.3) is 0 Å². The quantitative estimate of drug-likeness (QED) is 0.622. The van der Waals surface area contributed by atoms with Crippen molar-refractivity contribution in [2.45, 2.75) is 25.4 Å². The molecule has 19 heavy (non-hydrogen) atoms. The van der Waals surface area contributed by atoms with Crippen molar-refractivity contribution in [3.05, 3.63) is 0 Å². The first kappa shape index (κ1) is 15.2. The molecule has 0 bridgehead atoms. The van der Waals surface area contributed by atoms with Gasteiger partial charge in [0.1, 0.15) is 6.04 Å². The lowest BCUT2D eigenvalue weighted by atomic mass is 10.2. The van der Waals surface area contributed by atoms with Crippen LogP contribution in [0.2, 0.25) is 0 Å². The lowest BCUT2D eigenvalue weighted by Crippen LogP contribution is -2.58. The van der Waals surface area contributed by atoms with E-state index in [4.69, 9.17) is 10.2 Å². The molecule has 1 saturated heterocycles. The van der Waals surface area contributed by atoms with E-state index in [1.165, 1.54) is 4.90 Å². The fourth-order valence-corrected chi connectivity index (χ4v) is 2.05. The minimum Gasteiger partial charge on any atom is -0.481 e. The first-order valence-electron chi connectivity index (χ1n) is 6.01. The number of rotatable bonds is 4. The zero-order valence-electron chi connectivity index (χ0n) is 11.0. The van der Waals surface area contributed by atoms with Crippen LogP contribution in [0.15, 0.2) is 0 Å². The predicted octanol–water partition coefficient (Wildman–Crippen LogP) is -0.740. The first-order chi connectivity index (χ1) is 8.81. The van der Waals surface area contributed by atoms with Crippen LogP contribution >= 0.6 is 0 Å². The molecule has 0 radical (unpaired) electrons. The molecule has 2 amide bonds. The van der Waals surface area contributed by atoms with E-state index in [1.807, 2.05) is 14.0 Å².